The van der Waals surface area contributed by atoms with E-state index in [0.29, 0.717) is 6.61 Å². The highest BCUT2D eigenvalue weighted by Crippen LogP contribution is 2.47. The number of hydrogen-bond donors (Lipinski definition) is 1. The number of ether oxygens (including phenoxy) is 1. The highest BCUT2D eigenvalue weighted by molar-refractivity contribution is 6.09. The van der Waals surface area contributed by atoms with Crippen molar-refractivity contribution in [2.75, 3.05) is 24.6 Å². The number of carbonyl (C=O) groups excluding carboxylic acids is 2. The second-order valence-electron chi connectivity index (χ2n) is 6.90. The van der Waals surface area contributed by atoms with Crippen LogP contribution >= 0.6 is 0 Å². The molecule has 2 fully saturated rings. The molecule has 4 rings (SSSR count). The van der Waals surface area contributed by atoms with Crippen molar-refractivity contribution in [3.63, 3.8) is 0 Å². The molecule has 1 saturated heterocycles. The fraction of sp³-hybridized carbons (Fsp3) is 0.450. The Balaban J connectivity index is 0.000000659. The van der Waals surface area contributed by atoms with Crippen LogP contribution in [-0.2, 0) is 20.8 Å². The molecule has 7 heteroatoms. The van der Waals surface area contributed by atoms with Gasteiger partial charge in [-0.1, -0.05) is 6.58 Å². The minimum atomic E-state index is -0.719. The van der Waals surface area contributed by atoms with Gasteiger partial charge in [-0.25, -0.2) is 0 Å². The van der Waals surface area contributed by atoms with Crippen molar-refractivity contribution in [3.05, 3.63) is 36.4 Å². The zero-order chi connectivity index (χ0) is 19.4. The van der Waals surface area contributed by atoms with Crippen molar-refractivity contribution in [1.29, 1.82) is 0 Å². The van der Waals surface area contributed by atoms with E-state index in [9.17, 15) is 9.59 Å². The van der Waals surface area contributed by atoms with Gasteiger partial charge >= 0.3 is 0 Å². The largest absolute Gasteiger partial charge is 0.493 e. The summed E-state index contributed by atoms with van der Waals surface area (Å²) in [6.45, 7) is 5.66. The predicted molar refractivity (Wildman–Crippen MR) is 99.8 cm³/mol. The lowest BCUT2D eigenvalue weighted by Gasteiger charge is -2.33. The third-order valence-electron chi connectivity index (χ3n) is 5.27. The molecule has 2 aliphatic heterocycles. The lowest BCUT2D eigenvalue weighted by atomic mass is 10.1. The number of rotatable bonds is 4. The molecule has 27 heavy (non-hydrogen) atoms. The maximum absolute atomic E-state index is 13.1. The summed E-state index contributed by atoms with van der Waals surface area (Å²) in [5.74, 6) is 0.756. The number of carbonyl (C=O) groups is 3. The van der Waals surface area contributed by atoms with E-state index in [2.05, 4.69) is 6.58 Å². The molecule has 1 aliphatic carbocycles. The summed E-state index contributed by atoms with van der Waals surface area (Å²) >= 11 is 0. The molecule has 0 unspecified atom stereocenters. The van der Waals surface area contributed by atoms with Gasteiger partial charge in [0.1, 0.15) is 11.3 Å². The Morgan fingerprint density at radius 2 is 1.93 bits per heavy atom. The lowest BCUT2D eigenvalue weighted by Crippen LogP contribution is -2.52. The van der Waals surface area contributed by atoms with Crippen LogP contribution in [0.25, 0.3) is 0 Å². The molecule has 1 N–H and O–H groups in total. The number of amides is 2. The van der Waals surface area contributed by atoms with Crippen molar-refractivity contribution < 1.29 is 24.2 Å². The van der Waals surface area contributed by atoms with E-state index in [1.807, 2.05) is 23.1 Å². The van der Waals surface area contributed by atoms with Gasteiger partial charge in [0.2, 0.25) is 5.91 Å². The normalized spacial score (nSPS) is 18.4. The standard InChI is InChI=1S/C19H22N2O3.CH2O2/c1-2-17(22)21(15-5-6-16-14(13-15)7-12-24-16)19(8-9-19)18(23)20-10-3-4-11-20;2-1-3/h2,5-6,13H,1,3-4,7-12H2;1H,(H,2,3). The monoisotopic (exact) mass is 372 g/mol. The molecule has 1 saturated carbocycles. The van der Waals surface area contributed by atoms with E-state index in [1.54, 1.807) is 4.90 Å². The van der Waals surface area contributed by atoms with Gasteiger partial charge in [-0.2, -0.15) is 0 Å². The number of fused-ring (bicyclic) bond motifs is 1. The number of hydrogen-bond acceptors (Lipinski definition) is 4. The summed E-state index contributed by atoms with van der Waals surface area (Å²) in [6, 6.07) is 5.77. The quantitative estimate of drug-likeness (QED) is 0.645. The number of likely N-dealkylation sites (tertiary alicyclic amines) is 1. The van der Waals surface area contributed by atoms with Gasteiger partial charge in [-0.05, 0) is 55.5 Å². The number of benzene rings is 1. The molecular formula is C20H24N2O5. The average Bonchev–Trinajstić information content (AvgIpc) is 3.10. The topological polar surface area (TPSA) is 87.2 Å². The first kappa shape index (κ1) is 18.9. The molecule has 2 amide bonds. The van der Waals surface area contributed by atoms with Crippen molar-refractivity contribution in [3.8, 4) is 5.75 Å². The Morgan fingerprint density at radius 3 is 2.52 bits per heavy atom. The van der Waals surface area contributed by atoms with Crippen LogP contribution in [0.1, 0.15) is 31.2 Å². The van der Waals surface area contributed by atoms with Crippen molar-refractivity contribution in [2.24, 2.45) is 0 Å². The van der Waals surface area contributed by atoms with Crippen LogP contribution in [0.3, 0.4) is 0 Å². The molecule has 0 atom stereocenters. The van der Waals surface area contributed by atoms with E-state index in [4.69, 9.17) is 14.6 Å². The maximum Gasteiger partial charge on any atom is 0.290 e. The molecule has 2 heterocycles. The van der Waals surface area contributed by atoms with E-state index in [0.717, 1.165) is 62.2 Å². The molecule has 0 radical (unpaired) electrons. The Hall–Kier alpha value is -2.83. The van der Waals surface area contributed by atoms with Crippen molar-refractivity contribution in [1.82, 2.24) is 4.90 Å². The van der Waals surface area contributed by atoms with Crippen LogP contribution in [0.4, 0.5) is 5.69 Å². The fourth-order valence-electron chi connectivity index (χ4n) is 3.85. The number of anilines is 1. The SMILES string of the molecule is C=CC(=O)N(c1ccc2c(c1)CCO2)C1(C(=O)N2CCCC2)CC1.O=CO. The summed E-state index contributed by atoms with van der Waals surface area (Å²) in [7, 11) is 0. The van der Waals surface area contributed by atoms with Crippen LogP contribution in [0, 0.1) is 0 Å². The molecule has 0 spiro atoms. The summed E-state index contributed by atoms with van der Waals surface area (Å²) in [4.78, 5) is 37.6. The van der Waals surface area contributed by atoms with E-state index in [1.165, 1.54) is 6.08 Å². The van der Waals surface area contributed by atoms with Crippen molar-refractivity contribution in [2.45, 2.75) is 37.6 Å². The van der Waals surface area contributed by atoms with Crippen molar-refractivity contribution >= 4 is 24.0 Å². The molecule has 1 aromatic rings. The predicted octanol–water partition coefficient (Wildman–Crippen LogP) is 2.00. The maximum atomic E-state index is 13.1. The zero-order valence-corrected chi connectivity index (χ0v) is 15.2. The third kappa shape index (κ3) is 3.54. The van der Waals surface area contributed by atoms with Gasteiger partial charge in [-0.3, -0.25) is 19.3 Å². The summed E-state index contributed by atoms with van der Waals surface area (Å²) in [5.41, 5.74) is 1.15. The van der Waals surface area contributed by atoms with E-state index < -0.39 is 5.54 Å². The minimum absolute atomic E-state index is 0.0898. The summed E-state index contributed by atoms with van der Waals surface area (Å²) in [6.07, 6.45) is 5.68. The van der Waals surface area contributed by atoms with Gasteiger partial charge < -0.3 is 14.7 Å². The third-order valence-corrected chi connectivity index (χ3v) is 5.27. The molecule has 0 aromatic heterocycles. The molecule has 1 aromatic carbocycles. The van der Waals surface area contributed by atoms with Gasteiger partial charge in [0.05, 0.1) is 6.61 Å². The van der Waals surface area contributed by atoms with Crippen LogP contribution < -0.4 is 9.64 Å². The average molecular weight is 372 g/mol. The minimum Gasteiger partial charge on any atom is -0.493 e. The van der Waals surface area contributed by atoms with Crippen LogP contribution in [-0.4, -0.2) is 53.5 Å². The molecule has 3 aliphatic rings. The van der Waals surface area contributed by atoms with Gasteiger partial charge in [0.15, 0.2) is 0 Å². The zero-order valence-electron chi connectivity index (χ0n) is 15.2. The Kier molecular flexibility index (Phi) is 5.48. The number of carboxylic acid groups (broad SMARTS) is 1. The molecule has 0 bridgehead atoms. The molecule has 144 valence electrons. The number of nitrogens with zero attached hydrogens (tertiary/aromatic N) is 2. The highest BCUT2D eigenvalue weighted by atomic mass is 16.5. The van der Waals surface area contributed by atoms with E-state index >= 15 is 0 Å². The van der Waals surface area contributed by atoms with Gasteiger partial charge in [0.25, 0.3) is 12.4 Å². The van der Waals surface area contributed by atoms with Gasteiger partial charge in [-0.15, -0.1) is 0 Å². The Labute approximate surface area is 158 Å². The molecule has 7 nitrogen and oxygen atoms in total. The van der Waals surface area contributed by atoms with Crippen LogP contribution in [0.2, 0.25) is 0 Å². The Morgan fingerprint density at radius 1 is 1.26 bits per heavy atom. The highest BCUT2D eigenvalue weighted by Gasteiger charge is 2.58. The summed E-state index contributed by atoms with van der Waals surface area (Å²) < 4.78 is 5.55. The van der Waals surface area contributed by atoms with E-state index in [-0.39, 0.29) is 18.3 Å². The first-order valence-corrected chi connectivity index (χ1v) is 9.17. The summed E-state index contributed by atoms with van der Waals surface area (Å²) in [5, 5.41) is 6.89. The van der Waals surface area contributed by atoms with Crippen LogP contribution in [0.15, 0.2) is 30.9 Å². The second-order valence-corrected chi connectivity index (χ2v) is 6.90. The second kappa shape index (κ2) is 7.82. The van der Waals surface area contributed by atoms with Crippen LogP contribution in [0.5, 0.6) is 5.75 Å². The molecular weight excluding hydrogens is 348 g/mol. The fourth-order valence-corrected chi connectivity index (χ4v) is 3.85. The first-order valence-electron chi connectivity index (χ1n) is 9.17. The smallest absolute Gasteiger partial charge is 0.290 e. The first-order chi connectivity index (χ1) is 13.1. The Bertz CT molecular complexity index is 751. The lowest BCUT2D eigenvalue weighted by molar-refractivity contribution is -0.134. The van der Waals surface area contributed by atoms with Gasteiger partial charge in [0, 0.05) is 25.2 Å².